The number of primary amides is 1. The summed E-state index contributed by atoms with van der Waals surface area (Å²) in [6.45, 7) is 0.796. The van der Waals surface area contributed by atoms with E-state index < -0.39 is 35.6 Å². The Bertz CT molecular complexity index is 1030. The van der Waals surface area contributed by atoms with Crippen molar-refractivity contribution in [1.29, 1.82) is 0 Å². The molecular weight excluding hydrogens is 473 g/mol. The third kappa shape index (κ3) is 6.32. The van der Waals surface area contributed by atoms with Crippen LogP contribution in [0.15, 0.2) is 24.7 Å². The number of alkyl halides is 4. The molecule has 2 aromatic heterocycles. The van der Waals surface area contributed by atoms with E-state index in [0.717, 1.165) is 25.1 Å². The largest absolute Gasteiger partial charge is 0.417 e. The normalized spacial score (nSPS) is 21.1. The van der Waals surface area contributed by atoms with Gasteiger partial charge in [-0.2, -0.15) is 17.6 Å². The molecule has 8 nitrogen and oxygen atoms in total. The zero-order valence-corrected chi connectivity index (χ0v) is 18.8. The molecule has 1 saturated carbocycles. The molecule has 13 heteroatoms. The number of rotatable bonds is 9. The summed E-state index contributed by atoms with van der Waals surface area (Å²) in [6.07, 6.45) is -1.70. The number of aromatic nitrogens is 3. The predicted molar refractivity (Wildman–Crippen MR) is 118 cm³/mol. The molecule has 2 atom stereocenters. The molecule has 0 spiro atoms. The summed E-state index contributed by atoms with van der Waals surface area (Å²) >= 11 is 0. The number of nitrogens with one attached hydrogen (secondary N) is 1. The second-order valence-electron chi connectivity index (χ2n) is 8.90. The van der Waals surface area contributed by atoms with Crippen molar-refractivity contribution >= 4 is 17.5 Å². The van der Waals surface area contributed by atoms with E-state index in [9.17, 15) is 22.4 Å². The molecule has 2 unspecified atom stereocenters. The molecule has 0 bridgehead atoms. The highest BCUT2D eigenvalue weighted by Gasteiger charge is 2.35. The number of halogens is 5. The Labute approximate surface area is 198 Å². The van der Waals surface area contributed by atoms with E-state index >= 15 is 4.39 Å². The second-order valence-corrected chi connectivity index (χ2v) is 8.90. The van der Waals surface area contributed by atoms with Crippen molar-refractivity contribution in [3.63, 3.8) is 0 Å². The van der Waals surface area contributed by atoms with Gasteiger partial charge in [0, 0.05) is 31.2 Å². The standard InChI is InChI=1S/C22H26F5N7O/c23-17-10-33(11-18(28)35)6-5-13(17)7-30-20-19(24)21(32-12-31-20)34(16-3-4-16)9-15-2-1-14(8-29-15)22(25,26)27/h1-2,8,12-13,16-17H,3-7,9-11H2,(H2,28,35)(H,30,31,32). The molecule has 2 fully saturated rings. The molecule has 190 valence electrons. The van der Waals surface area contributed by atoms with Gasteiger partial charge in [0.1, 0.15) is 12.5 Å². The summed E-state index contributed by atoms with van der Waals surface area (Å²) in [4.78, 5) is 26.3. The van der Waals surface area contributed by atoms with Crippen molar-refractivity contribution in [3.05, 3.63) is 41.7 Å². The van der Waals surface area contributed by atoms with Crippen LogP contribution >= 0.6 is 0 Å². The van der Waals surface area contributed by atoms with Gasteiger partial charge < -0.3 is 16.0 Å². The summed E-state index contributed by atoms with van der Waals surface area (Å²) in [7, 11) is 0. The quantitative estimate of drug-likeness (QED) is 0.512. The lowest BCUT2D eigenvalue weighted by Gasteiger charge is -2.34. The molecule has 35 heavy (non-hydrogen) atoms. The number of nitrogens with zero attached hydrogens (tertiary/aromatic N) is 5. The van der Waals surface area contributed by atoms with Crippen LogP contribution in [0.5, 0.6) is 0 Å². The molecule has 1 aliphatic heterocycles. The summed E-state index contributed by atoms with van der Waals surface area (Å²) in [6, 6.07) is 2.20. The van der Waals surface area contributed by atoms with Gasteiger partial charge in [0.05, 0.1) is 24.3 Å². The van der Waals surface area contributed by atoms with Gasteiger partial charge in [0.15, 0.2) is 11.6 Å². The summed E-state index contributed by atoms with van der Waals surface area (Å²) in [5.74, 6) is -1.69. The van der Waals surface area contributed by atoms with Crippen LogP contribution in [0.25, 0.3) is 0 Å². The van der Waals surface area contributed by atoms with E-state index in [1.165, 1.54) is 12.4 Å². The number of likely N-dealkylation sites (tertiary alicyclic amines) is 1. The molecule has 1 saturated heterocycles. The number of amides is 1. The number of carbonyl (C=O) groups excluding carboxylic acids is 1. The van der Waals surface area contributed by atoms with Gasteiger partial charge in [-0.3, -0.25) is 14.7 Å². The lowest BCUT2D eigenvalue weighted by Crippen LogP contribution is -2.46. The van der Waals surface area contributed by atoms with E-state index in [2.05, 4.69) is 20.3 Å². The van der Waals surface area contributed by atoms with Crippen molar-refractivity contribution in [2.24, 2.45) is 11.7 Å². The minimum Gasteiger partial charge on any atom is -0.369 e. The van der Waals surface area contributed by atoms with Gasteiger partial charge in [0.25, 0.3) is 0 Å². The molecular formula is C22H26F5N7O. The Kier molecular flexibility index (Phi) is 7.33. The summed E-state index contributed by atoms with van der Waals surface area (Å²) in [5, 5.41) is 2.87. The average molecular weight is 499 g/mol. The topological polar surface area (TPSA) is 100 Å². The van der Waals surface area contributed by atoms with Crippen LogP contribution in [0.3, 0.4) is 0 Å². The van der Waals surface area contributed by atoms with Crippen LogP contribution in [0.2, 0.25) is 0 Å². The van der Waals surface area contributed by atoms with Crippen molar-refractivity contribution in [2.75, 3.05) is 36.4 Å². The maximum Gasteiger partial charge on any atom is 0.417 e. The smallest absolute Gasteiger partial charge is 0.369 e. The molecule has 1 aliphatic carbocycles. The van der Waals surface area contributed by atoms with Gasteiger partial charge >= 0.3 is 6.18 Å². The van der Waals surface area contributed by atoms with Crippen LogP contribution in [0.4, 0.5) is 33.6 Å². The molecule has 2 aromatic rings. The van der Waals surface area contributed by atoms with Crippen LogP contribution in [-0.4, -0.2) is 64.2 Å². The van der Waals surface area contributed by atoms with Crippen molar-refractivity contribution in [1.82, 2.24) is 19.9 Å². The number of hydrogen-bond donors (Lipinski definition) is 2. The van der Waals surface area contributed by atoms with E-state index in [1.54, 1.807) is 9.80 Å². The van der Waals surface area contributed by atoms with Gasteiger partial charge in [-0.05, 0) is 37.9 Å². The third-order valence-corrected chi connectivity index (χ3v) is 6.19. The first-order chi connectivity index (χ1) is 16.6. The first-order valence-corrected chi connectivity index (χ1v) is 11.3. The molecule has 0 radical (unpaired) electrons. The van der Waals surface area contributed by atoms with E-state index in [1.807, 2.05) is 0 Å². The van der Waals surface area contributed by atoms with Gasteiger partial charge in [-0.25, -0.2) is 14.4 Å². The molecule has 3 N–H and O–H groups in total. The first kappa shape index (κ1) is 25.0. The molecule has 3 heterocycles. The fraction of sp³-hybridized carbons (Fsp3) is 0.545. The van der Waals surface area contributed by atoms with Crippen LogP contribution in [0.1, 0.15) is 30.5 Å². The van der Waals surface area contributed by atoms with Crippen molar-refractivity contribution in [2.45, 2.75) is 44.2 Å². The summed E-state index contributed by atoms with van der Waals surface area (Å²) < 4.78 is 68.4. The zero-order valence-electron chi connectivity index (χ0n) is 18.8. The number of nitrogens with two attached hydrogens (primary N) is 1. The Balaban J connectivity index is 1.42. The highest BCUT2D eigenvalue weighted by molar-refractivity contribution is 5.75. The lowest BCUT2D eigenvalue weighted by molar-refractivity contribution is -0.137. The van der Waals surface area contributed by atoms with Crippen LogP contribution in [0, 0.1) is 11.7 Å². The average Bonchev–Trinajstić information content (AvgIpc) is 3.63. The van der Waals surface area contributed by atoms with Crippen LogP contribution in [-0.2, 0) is 17.5 Å². The van der Waals surface area contributed by atoms with E-state index in [0.29, 0.717) is 18.7 Å². The van der Waals surface area contributed by atoms with Gasteiger partial charge in [-0.15, -0.1) is 0 Å². The molecule has 4 rings (SSSR count). The maximum absolute atomic E-state index is 15.3. The number of anilines is 2. The zero-order chi connectivity index (χ0) is 25.2. The van der Waals surface area contributed by atoms with Gasteiger partial charge in [-0.1, -0.05) is 0 Å². The fourth-order valence-electron chi connectivity index (χ4n) is 4.15. The Morgan fingerprint density at radius 1 is 1.20 bits per heavy atom. The third-order valence-electron chi connectivity index (χ3n) is 6.19. The lowest BCUT2D eigenvalue weighted by atomic mass is 9.95. The minimum absolute atomic E-state index is 0.00470. The Hall–Kier alpha value is -3.09. The second kappa shape index (κ2) is 10.3. The monoisotopic (exact) mass is 499 g/mol. The number of pyridine rings is 1. The number of hydrogen-bond acceptors (Lipinski definition) is 7. The Morgan fingerprint density at radius 3 is 2.57 bits per heavy atom. The Morgan fingerprint density at radius 2 is 1.97 bits per heavy atom. The maximum atomic E-state index is 15.3. The fourth-order valence-corrected chi connectivity index (χ4v) is 4.15. The van der Waals surface area contributed by atoms with Crippen molar-refractivity contribution in [3.8, 4) is 0 Å². The number of carbonyl (C=O) groups is 1. The van der Waals surface area contributed by atoms with Crippen molar-refractivity contribution < 1.29 is 26.7 Å². The van der Waals surface area contributed by atoms with E-state index in [-0.39, 0.29) is 43.9 Å². The highest BCUT2D eigenvalue weighted by Crippen LogP contribution is 2.35. The SMILES string of the molecule is NC(=O)CN1CCC(CNc2ncnc(N(Cc3ccc(C(F)(F)F)cn3)C3CC3)c2F)C(F)C1. The summed E-state index contributed by atoms with van der Waals surface area (Å²) in [5.41, 5.74) is 4.66. The number of piperidine rings is 1. The van der Waals surface area contributed by atoms with Gasteiger partial charge in [0.2, 0.25) is 11.7 Å². The highest BCUT2D eigenvalue weighted by atomic mass is 19.4. The predicted octanol–water partition coefficient (Wildman–Crippen LogP) is 2.76. The molecule has 0 aromatic carbocycles. The first-order valence-electron chi connectivity index (χ1n) is 11.3. The minimum atomic E-state index is -4.49. The molecule has 1 amide bonds. The molecule has 2 aliphatic rings. The van der Waals surface area contributed by atoms with Crippen LogP contribution < -0.4 is 16.0 Å². The van der Waals surface area contributed by atoms with E-state index in [4.69, 9.17) is 5.73 Å².